The Labute approximate surface area is 545 Å². The van der Waals surface area contributed by atoms with E-state index in [0.717, 1.165) is 33.4 Å². The fourth-order valence-electron chi connectivity index (χ4n) is 8.33. The molecule has 0 aromatic heterocycles. The molecule has 0 heterocycles. The van der Waals surface area contributed by atoms with E-state index in [0.29, 0.717) is 0 Å². The summed E-state index contributed by atoms with van der Waals surface area (Å²) >= 11 is 0. The second kappa shape index (κ2) is 37.3. The van der Waals surface area contributed by atoms with Crippen molar-refractivity contribution in [1.29, 1.82) is 0 Å². The van der Waals surface area contributed by atoms with Gasteiger partial charge in [-0.15, -0.1) is 0 Å². The molecule has 0 aliphatic rings. The maximum Gasteiger partial charge on any atom is 0.549 e. The summed E-state index contributed by atoms with van der Waals surface area (Å²) in [5.74, 6) is -13.3. The third-order valence-corrected chi connectivity index (χ3v) is 13.6. The quantitative estimate of drug-likeness (QED) is 0.0249. The largest absolute Gasteiger partial charge is 0.549 e. The minimum absolute atomic E-state index is 0.0335. The van der Waals surface area contributed by atoms with Crippen LogP contribution >= 0.6 is 0 Å². The lowest BCUT2D eigenvalue weighted by Gasteiger charge is -2.36. The van der Waals surface area contributed by atoms with Gasteiger partial charge in [0.05, 0.1) is 73.0 Å². The summed E-state index contributed by atoms with van der Waals surface area (Å²) < 4.78 is 32.2. The highest BCUT2D eigenvalue weighted by atomic mass is 17.3. The average Bonchev–Trinajstić information content (AvgIpc) is 0.946. The van der Waals surface area contributed by atoms with Crippen molar-refractivity contribution in [2.24, 2.45) is 23.7 Å². The van der Waals surface area contributed by atoms with Crippen molar-refractivity contribution in [1.82, 2.24) is 0 Å². The van der Waals surface area contributed by atoms with Crippen molar-refractivity contribution in [2.45, 2.75) is 54.4 Å². The third kappa shape index (κ3) is 25.1. The zero-order chi connectivity index (χ0) is 69.5. The van der Waals surface area contributed by atoms with Crippen LogP contribution in [-0.4, -0.2) is 112 Å². The van der Waals surface area contributed by atoms with Crippen molar-refractivity contribution in [3.8, 4) is 0 Å². The first-order valence-corrected chi connectivity index (χ1v) is 28.7. The van der Waals surface area contributed by atoms with Gasteiger partial charge in [0.1, 0.15) is 0 Å². The van der Waals surface area contributed by atoms with Crippen molar-refractivity contribution in [3.63, 3.8) is 0 Å². The molecule has 0 fully saturated rings. The molecule has 4 unspecified atom stereocenters. The smallest absolute Gasteiger partial charge is 0.432 e. The Morgan fingerprint density at radius 1 is 0.229 bits per heavy atom. The van der Waals surface area contributed by atoms with E-state index in [-0.39, 0.29) is 33.4 Å². The van der Waals surface area contributed by atoms with Crippen LogP contribution in [0.3, 0.4) is 0 Å². The van der Waals surface area contributed by atoms with Crippen molar-refractivity contribution in [3.05, 3.63) is 212 Å². The van der Waals surface area contributed by atoms with E-state index in [1.165, 1.54) is 72.8 Å². The van der Waals surface area contributed by atoms with Crippen LogP contribution in [-0.2, 0) is 87.1 Å². The monoisotopic (exact) mass is 1330 g/mol. The highest BCUT2D eigenvalue weighted by molar-refractivity contribution is 5.92. The highest BCUT2D eigenvalue weighted by Crippen LogP contribution is 2.35. The Kier molecular flexibility index (Phi) is 28.3. The van der Waals surface area contributed by atoms with Crippen LogP contribution in [0.15, 0.2) is 146 Å². The molecule has 0 aliphatic heterocycles. The number of carbonyl (C=O) groups is 12. The summed E-state index contributed by atoms with van der Waals surface area (Å²) in [6, 6.07) is 35.0. The van der Waals surface area contributed by atoms with Gasteiger partial charge >= 0.3 is 72.7 Å². The Bertz CT molecular complexity index is 3400. The third-order valence-electron chi connectivity index (χ3n) is 13.6. The zero-order valence-electron chi connectivity index (χ0n) is 52.1. The van der Waals surface area contributed by atoms with Crippen molar-refractivity contribution >= 4 is 72.7 Å². The molecule has 6 aromatic rings. The van der Waals surface area contributed by atoms with Crippen molar-refractivity contribution < 1.29 is 145 Å². The second-order valence-corrected chi connectivity index (χ2v) is 20.8. The SMILES string of the molecule is Cc1ccc(C(=O)OOC(=O)OCCC(COC(=O)OOC(=O)c2ccc(C)cc2)C(COC(=O)OOC(=O)c2ccc(C)cc2)C(COC(=O)OOC(=O)c2ccc(C)cc2)C(CCOC(=O)OOC(=O)c2ccc(C)cc2)COC(=O)OOC(=O)c2ccc(C)cc2)cc1. The number of benzene rings is 6. The molecule has 506 valence electrons. The highest BCUT2D eigenvalue weighted by Gasteiger charge is 2.40. The van der Waals surface area contributed by atoms with Crippen LogP contribution in [0, 0.1) is 65.2 Å². The van der Waals surface area contributed by atoms with Crippen LogP contribution in [0.5, 0.6) is 0 Å². The van der Waals surface area contributed by atoms with Gasteiger partial charge in [-0.3, -0.25) is 0 Å². The van der Waals surface area contributed by atoms with E-state index in [9.17, 15) is 57.5 Å². The summed E-state index contributed by atoms with van der Waals surface area (Å²) in [5, 5.41) is 0. The molecular formula is C66H62O30. The molecule has 0 saturated carbocycles. The summed E-state index contributed by atoms with van der Waals surface area (Å²) in [4.78, 5) is 213. The lowest BCUT2D eigenvalue weighted by Crippen LogP contribution is -2.41. The Hall–Kier alpha value is -12.2. The normalized spacial score (nSPS) is 11.7. The van der Waals surface area contributed by atoms with Crippen LogP contribution in [0.4, 0.5) is 28.8 Å². The van der Waals surface area contributed by atoms with E-state index < -0.39 is 149 Å². The molecule has 0 spiro atoms. The van der Waals surface area contributed by atoms with E-state index in [2.05, 4.69) is 29.3 Å². The van der Waals surface area contributed by atoms with Gasteiger partial charge in [-0.2, -0.15) is 28.8 Å². The molecule has 0 amide bonds. The first kappa shape index (κ1) is 72.8. The summed E-state index contributed by atoms with van der Waals surface area (Å²) in [7, 11) is 0. The molecule has 6 rings (SSSR count). The molecule has 4 atom stereocenters. The molecule has 0 saturated heterocycles. The molecule has 0 N–H and O–H groups in total. The minimum atomic E-state index is -1.75. The first-order valence-electron chi connectivity index (χ1n) is 28.7. The molecule has 0 aliphatic carbocycles. The van der Waals surface area contributed by atoms with Gasteiger partial charge in [-0.25, -0.2) is 87.4 Å². The average molecular weight is 1340 g/mol. The van der Waals surface area contributed by atoms with Gasteiger partial charge in [0, 0.05) is 23.7 Å². The number of carbonyl (C=O) groups excluding carboxylic acids is 12. The first-order chi connectivity index (χ1) is 46.0. The Morgan fingerprint density at radius 2 is 0.396 bits per heavy atom. The fourth-order valence-corrected chi connectivity index (χ4v) is 8.33. The maximum atomic E-state index is 13.5. The number of hydrogen-bond donors (Lipinski definition) is 0. The molecule has 0 bridgehead atoms. The number of hydrogen-bond acceptors (Lipinski definition) is 30. The topological polar surface area (TPSA) is 371 Å². The van der Waals surface area contributed by atoms with Crippen LogP contribution in [0.1, 0.15) is 108 Å². The predicted molar refractivity (Wildman–Crippen MR) is 317 cm³/mol. The minimum Gasteiger partial charge on any atom is -0.432 e. The lowest BCUT2D eigenvalue weighted by atomic mass is 9.74. The van der Waals surface area contributed by atoms with Gasteiger partial charge in [-0.05, 0) is 127 Å². The fraction of sp³-hybridized carbons (Fsp3) is 0.273. The molecule has 30 heteroatoms. The van der Waals surface area contributed by atoms with Crippen LogP contribution in [0.2, 0.25) is 0 Å². The van der Waals surface area contributed by atoms with E-state index in [1.807, 2.05) is 0 Å². The molecule has 0 radical (unpaired) electrons. The van der Waals surface area contributed by atoms with Gasteiger partial charge in [0.15, 0.2) is 0 Å². The maximum absolute atomic E-state index is 13.5. The van der Waals surface area contributed by atoms with Crippen LogP contribution in [0.25, 0.3) is 0 Å². The number of aryl methyl sites for hydroxylation is 6. The molecule has 96 heavy (non-hydrogen) atoms. The van der Waals surface area contributed by atoms with Crippen LogP contribution < -0.4 is 0 Å². The molecular weight excluding hydrogens is 1270 g/mol. The molecule has 30 nitrogen and oxygen atoms in total. The molecule has 6 aromatic carbocycles. The van der Waals surface area contributed by atoms with E-state index >= 15 is 0 Å². The van der Waals surface area contributed by atoms with Gasteiger partial charge in [0.25, 0.3) is 0 Å². The summed E-state index contributed by atoms with van der Waals surface area (Å²) in [5.41, 5.74) is 4.21. The Balaban J connectivity index is 1.36. The van der Waals surface area contributed by atoms with Gasteiger partial charge in [-0.1, -0.05) is 106 Å². The summed E-state index contributed by atoms with van der Waals surface area (Å²) in [6.45, 7) is 4.69. The van der Waals surface area contributed by atoms with Gasteiger partial charge < -0.3 is 28.4 Å². The van der Waals surface area contributed by atoms with E-state index in [4.69, 9.17) is 57.7 Å². The zero-order valence-corrected chi connectivity index (χ0v) is 52.1. The number of rotatable bonds is 23. The van der Waals surface area contributed by atoms with Crippen molar-refractivity contribution in [2.75, 3.05) is 39.6 Å². The lowest BCUT2D eigenvalue weighted by molar-refractivity contribution is -0.212. The summed E-state index contributed by atoms with van der Waals surface area (Å²) in [6.07, 6.45) is -11.4. The number of ether oxygens (including phenoxy) is 6. The standard InChI is InChI=1S/C66H62O30/c1-39-7-19-45(20-8-39)55(67)85-91-61(73)79-33-31-51(35-81-63(75)93-87-57(69)47-23-11-41(3)12-24-47)53(37-83-65(77)95-89-59(71)49-27-15-43(5)16-28-49)54(38-84-66(78)96-90-60(72)50-29-17-44(6)18-30-50)52(36-82-64(76)94-88-58(70)48-25-13-42(4)14-26-48)32-34-80-62(74)92-86-56(68)46-21-9-40(2)10-22-46/h7-30,51-54H,31-38H2,1-6H3. The van der Waals surface area contributed by atoms with Gasteiger partial charge in [0.2, 0.25) is 0 Å². The Morgan fingerprint density at radius 3 is 0.583 bits per heavy atom. The predicted octanol–water partition coefficient (Wildman–Crippen LogP) is 11.6. The second-order valence-electron chi connectivity index (χ2n) is 20.8. The van der Waals surface area contributed by atoms with E-state index in [1.54, 1.807) is 114 Å².